The van der Waals surface area contributed by atoms with Crippen molar-refractivity contribution in [1.29, 1.82) is 0 Å². The van der Waals surface area contributed by atoms with Gasteiger partial charge in [0.1, 0.15) is 0 Å². The predicted octanol–water partition coefficient (Wildman–Crippen LogP) is 4.53. The van der Waals surface area contributed by atoms with E-state index in [4.69, 9.17) is 0 Å². The van der Waals surface area contributed by atoms with Gasteiger partial charge in [-0.15, -0.1) is 0 Å². The molecule has 0 amide bonds. The molecule has 0 saturated carbocycles. The van der Waals surface area contributed by atoms with Crippen molar-refractivity contribution in [3.63, 3.8) is 0 Å². The van der Waals surface area contributed by atoms with Gasteiger partial charge in [-0.05, 0) is 29.9 Å². The topological polar surface area (TPSA) is 0 Å². The Balaban J connectivity index is 2.84. The second-order valence-electron chi connectivity index (χ2n) is 3.79. The van der Waals surface area contributed by atoms with E-state index in [1.807, 2.05) is 0 Å². The Kier molecular flexibility index (Phi) is 4.67. The molecular formula is C13H19Br. The molecule has 0 aliphatic carbocycles. The van der Waals surface area contributed by atoms with E-state index in [0.29, 0.717) is 10.7 Å². The largest absolute Gasteiger partial charge is 0.0887 e. The van der Waals surface area contributed by atoms with E-state index in [0.717, 1.165) is 6.42 Å². The highest BCUT2D eigenvalue weighted by Gasteiger charge is 2.14. The molecule has 0 heterocycles. The Bertz CT molecular complexity index is 261. The molecule has 1 aromatic rings. The fourth-order valence-electron chi connectivity index (χ4n) is 1.83. The third kappa shape index (κ3) is 2.84. The second kappa shape index (κ2) is 5.55. The van der Waals surface area contributed by atoms with Crippen LogP contribution in [0.4, 0.5) is 0 Å². The van der Waals surface area contributed by atoms with Gasteiger partial charge in [-0.25, -0.2) is 0 Å². The van der Waals surface area contributed by atoms with Crippen LogP contribution in [0.5, 0.6) is 0 Å². The van der Waals surface area contributed by atoms with Crippen LogP contribution in [-0.2, 0) is 6.42 Å². The Morgan fingerprint density at radius 2 is 1.71 bits per heavy atom. The zero-order valence-corrected chi connectivity index (χ0v) is 10.8. The highest BCUT2D eigenvalue weighted by Crippen LogP contribution is 2.28. The lowest BCUT2D eigenvalue weighted by molar-refractivity contribution is 0.663. The average molecular weight is 255 g/mol. The minimum absolute atomic E-state index is 0.556. The fraction of sp³-hybridized carbons (Fsp3) is 0.538. The van der Waals surface area contributed by atoms with Crippen LogP contribution >= 0.6 is 15.9 Å². The molecule has 1 aromatic carbocycles. The van der Waals surface area contributed by atoms with Crippen LogP contribution in [-0.4, -0.2) is 4.83 Å². The summed E-state index contributed by atoms with van der Waals surface area (Å²) in [5.41, 5.74) is 2.87. The molecule has 1 heteroatoms. The van der Waals surface area contributed by atoms with E-state index in [2.05, 4.69) is 61.0 Å². The van der Waals surface area contributed by atoms with Crippen molar-refractivity contribution in [2.45, 2.75) is 44.4 Å². The molecule has 0 radical (unpaired) electrons. The van der Waals surface area contributed by atoms with Gasteiger partial charge in [0.15, 0.2) is 0 Å². The smallest absolute Gasteiger partial charge is 0.0186 e. The summed E-state index contributed by atoms with van der Waals surface area (Å²) < 4.78 is 0. The summed E-state index contributed by atoms with van der Waals surface area (Å²) in [6, 6.07) is 9.02. The molecule has 78 valence electrons. The van der Waals surface area contributed by atoms with Crippen molar-refractivity contribution in [3.8, 4) is 0 Å². The number of hydrogen-bond donors (Lipinski definition) is 0. The molecular weight excluding hydrogens is 236 g/mol. The molecule has 0 saturated heterocycles. The number of alkyl halides is 1. The van der Waals surface area contributed by atoms with Gasteiger partial charge in [-0.3, -0.25) is 0 Å². The number of hydrogen-bond acceptors (Lipinski definition) is 0. The summed E-state index contributed by atoms with van der Waals surface area (Å²) in [4.78, 5) is 0.556. The minimum atomic E-state index is 0.556. The predicted molar refractivity (Wildman–Crippen MR) is 67.2 cm³/mol. The molecule has 14 heavy (non-hydrogen) atoms. The maximum atomic E-state index is 3.67. The standard InChI is InChI=1S/C13H19Br/c1-4-11-6-8-12(9-7-11)13(5-2)10(3)14/h6-10,13H,4-5H2,1-3H3. The molecule has 0 aromatic heterocycles. The zero-order chi connectivity index (χ0) is 10.6. The quantitative estimate of drug-likeness (QED) is 0.693. The Hall–Kier alpha value is -0.300. The number of benzene rings is 1. The summed E-state index contributed by atoms with van der Waals surface area (Å²) >= 11 is 3.67. The van der Waals surface area contributed by atoms with Crippen LogP contribution in [0.2, 0.25) is 0 Å². The molecule has 1 rings (SSSR count). The molecule has 0 aliphatic rings. The SMILES string of the molecule is CCc1ccc(C(CC)C(C)Br)cc1. The van der Waals surface area contributed by atoms with E-state index >= 15 is 0 Å². The van der Waals surface area contributed by atoms with E-state index in [9.17, 15) is 0 Å². The van der Waals surface area contributed by atoms with Crippen molar-refractivity contribution >= 4 is 15.9 Å². The first-order chi connectivity index (χ1) is 6.69. The second-order valence-corrected chi connectivity index (χ2v) is 5.23. The van der Waals surface area contributed by atoms with E-state index in [-0.39, 0.29) is 0 Å². The first-order valence-corrected chi connectivity index (χ1v) is 6.33. The molecule has 0 N–H and O–H groups in total. The van der Waals surface area contributed by atoms with Gasteiger partial charge < -0.3 is 0 Å². The van der Waals surface area contributed by atoms with Crippen molar-refractivity contribution in [1.82, 2.24) is 0 Å². The lowest BCUT2D eigenvalue weighted by atomic mass is 9.93. The van der Waals surface area contributed by atoms with Gasteiger partial charge in [0.25, 0.3) is 0 Å². The first kappa shape index (κ1) is 11.8. The zero-order valence-electron chi connectivity index (χ0n) is 9.26. The minimum Gasteiger partial charge on any atom is -0.0887 e. The van der Waals surface area contributed by atoms with Crippen molar-refractivity contribution in [3.05, 3.63) is 35.4 Å². The summed E-state index contributed by atoms with van der Waals surface area (Å²) in [6.07, 6.45) is 2.32. The highest BCUT2D eigenvalue weighted by molar-refractivity contribution is 9.09. The third-order valence-electron chi connectivity index (χ3n) is 2.81. The van der Waals surface area contributed by atoms with E-state index in [1.165, 1.54) is 17.5 Å². The van der Waals surface area contributed by atoms with E-state index in [1.54, 1.807) is 0 Å². The maximum Gasteiger partial charge on any atom is 0.0186 e. The fourth-order valence-corrected chi connectivity index (χ4v) is 2.51. The van der Waals surface area contributed by atoms with Crippen LogP contribution in [0.25, 0.3) is 0 Å². The Labute approximate surface area is 95.9 Å². The first-order valence-electron chi connectivity index (χ1n) is 5.41. The van der Waals surface area contributed by atoms with Gasteiger partial charge in [0, 0.05) is 4.83 Å². The molecule has 2 unspecified atom stereocenters. The van der Waals surface area contributed by atoms with Crippen LogP contribution in [0.3, 0.4) is 0 Å². The average Bonchev–Trinajstić information content (AvgIpc) is 2.19. The molecule has 0 aliphatic heterocycles. The number of halogens is 1. The Morgan fingerprint density at radius 1 is 1.14 bits per heavy atom. The van der Waals surface area contributed by atoms with Gasteiger partial charge in [0.2, 0.25) is 0 Å². The molecule has 0 bridgehead atoms. The maximum absolute atomic E-state index is 3.67. The van der Waals surface area contributed by atoms with Gasteiger partial charge in [0.05, 0.1) is 0 Å². The summed E-state index contributed by atoms with van der Waals surface area (Å²) in [5, 5.41) is 0. The van der Waals surface area contributed by atoms with E-state index < -0.39 is 0 Å². The van der Waals surface area contributed by atoms with Crippen LogP contribution in [0.1, 0.15) is 44.2 Å². The lowest BCUT2D eigenvalue weighted by Crippen LogP contribution is -2.07. The molecule has 0 spiro atoms. The van der Waals surface area contributed by atoms with Crippen LogP contribution in [0, 0.1) is 0 Å². The molecule has 0 nitrogen and oxygen atoms in total. The summed E-state index contributed by atoms with van der Waals surface area (Å²) in [6.45, 7) is 6.66. The highest BCUT2D eigenvalue weighted by atomic mass is 79.9. The third-order valence-corrected chi connectivity index (χ3v) is 3.45. The van der Waals surface area contributed by atoms with Gasteiger partial charge in [-0.2, -0.15) is 0 Å². The normalized spacial score (nSPS) is 15.1. The van der Waals surface area contributed by atoms with Gasteiger partial charge in [-0.1, -0.05) is 61.0 Å². The number of aryl methyl sites for hydroxylation is 1. The van der Waals surface area contributed by atoms with Gasteiger partial charge >= 0.3 is 0 Å². The number of rotatable bonds is 4. The van der Waals surface area contributed by atoms with Crippen molar-refractivity contribution in [2.24, 2.45) is 0 Å². The lowest BCUT2D eigenvalue weighted by Gasteiger charge is -2.18. The molecule has 2 atom stereocenters. The monoisotopic (exact) mass is 254 g/mol. The van der Waals surface area contributed by atoms with Crippen molar-refractivity contribution < 1.29 is 0 Å². The summed E-state index contributed by atoms with van der Waals surface area (Å²) in [7, 11) is 0. The summed E-state index contributed by atoms with van der Waals surface area (Å²) in [5.74, 6) is 0.640. The van der Waals surface area contributed by atoms with Crippen molar-refractivity contribution in [2.75, 3.05) is 0 Å². The Morgan fingerprint density at radius 3 is 2.07 bits per heavy atom. The van der Waals surface area contributed by atoms with Crippen LogP contribution < -0.4 is 0 Å². The van der Waals surface area contributed by atoms with Crippen LogP contribution in [0.15, 0.2) is 24.3 Å². The molecule has 0 fully saturated rings.